The van der Waals surface area contributed by atoms with Crippen LogP contribution in [0.15, 0.2) is 40.0 Å². The Hall–Kier alpha value is -1.31. The number of likely N-dealkylation sites (tertiary alicyclic amines) is 1. The number of ether oxygens (including phenoxy) is 1. The van der Waals surface area contributed by atoms with Gasteiger partial charge in [0, 0.05) is 45.1 Å². The molecule has 1 N–H and O–H groups in total. The number of anilines is 1. The number of aryl methyl sites for hydroxylation is 1. The quantitative estimate of drug-likeness (QED) is 0.336. The molecule has 0 radical (unpaired) electrons. The highest BCUT2D eigenvalue weighted by Gasteiger charge is 2.40. The molecule has 0 atom stereocenters. The Balaban J connectivity index is 1.57. The largest absolute Gasteiger partial charge is 0.476 e. The number of piperidine rings is 1. The summed E-state index contributed by atoms with van der Waals surface area (Å²) in [5, 5.41) is 0. The second-order valence-electron chi connectivity index (χ2n) is 9.18. The minimum Gasteiger partial charge on any atom is -0.476 e. The van der Waals surface area contributed by atoms with Crippen molar-refractivity contribution < 1.29 is 4.74 Å². The number of nitrogens with one attached hydrogen (secondary N) is 1. The van der Waals surface area contributed by atoms with Crippen LogP contribution < -0.4 is 9.46 Å². The van der Waals surface area contributed by atoms with Crippen LogP contribution in [0.1, 0.15) is 59.1 Å². The van der Waals surface area contributed by atoms with E-state index in [0.29, 0.717) is 12.5 Å². The predicted molar refractivity (Wildman–Crippen MR) is 129 cm³/mol. The summed E-state index contributed by atoms with van der Waals surface area (Å²) in [6.45, 7) is 13.1. The third-order valence-electron chi connectivity index (χ3n) is 5.78. The van der Waals surface area contributed by atoms with E-state index in [0.717, 1.165) is 33.7 Å². The summed E-state index contributed by atoms with van der Waals surface area (Å²) in [7, 11) is 0. The summed E-state index contributed by atoms with van der Waals surface area (Å²) in [5.41, 5.74) is 2.34. The van der Waals surface area contributed by atoms with E-state index in [-0.39, 0.29) is 11.1 Å². The highest BCUT2D eigenvalue weighted by molar-refractivity contribution is 9.10. The van der Waals surface area contributed by atoms with Gasteiger partial charge in [-0.05, 0) is 106 Å². The lowest BCUT2D eigenvalue weighted by atomic mass is 9.80. The van der Waals surface area contributed by atoms with E-state index in [1.54, 1.807) is 6.20 Å². The first-order valence-corrected chi connectivity index (χ1v) is 12.2. The van der Waals surface area contributed by atoms with Crippen molar-refractivity contribution in [2.75, 3.05) is 17.9 Å². The van der Waals surface area contributed by atoms with Crippen molar-refractivity contribution in [1.82, 2.24) is 14.9 Å². The first-order chi connectivity index (χ1) is 14.2. The average molecular weight is 494 g/mol. The molecule has 0 spiro atoms. The lowest BCUT2D eigenvalue weighted by Crippen LogP contribution is -2.58. The monoisotopic (exact) mass is 492 g/mol. The zero-order valence-corrected chi connectivity index (χ0v) is 21.1. The number of rotatable bonds is 8. The van der Waals surface area contributed by atoms with E-state index in [1.807, 2.05) is 31.3 Å². The molecule has 164 valence electrons. The summed E-state index contributed by atoms with van der Waals surface area (Å²) < 4.78 is 10.3. The number of aromatic nitrogens is 2. The van der Waals surface area contributed by atoms with Crippen LogP contribution in [0.5, 0.6) is 5.88 Å². The standard InChI is InChI=1S/C23H33BrN4OS/c1-17-8-9-19(16-25-17)30-27-20-14-18(24)15-26-21(20)29-13-7-12-28-22(2,3)10-6-11-23(28,4)5/h8-9,14-16,27H,6-7,10-13H2,1-5H3. The van der Waals surface area contributed by atoms with Crippen LogP contribution in [-0.4, -0.2) is 39.1 Å². The Labute approximate surface area is 193 Å². The van der Waals surface area contributed by atoms with E-state index < -0.39 is 0 Å². The van der Waals surface area contributed by atoms with Crippen molar-refractivity contribution in [3.63, 3.8) is 0 Å². The molecule has 1 saturated heterocycles. The summed E-state index contributed by atoms with van der Waals surface area (Å²) in [6, 6.07) is 6.05. The maximum Gasteiger partial charge on any atom is 0.238 e. The van der Waals surface area contributed by atoms with Crippen LogP contribution in [0.3, 0.4) is 0 Å². The summed E-state index contributed by atoms with van der Waals surface area (Å²) in [6.07, 6.45) is 8.42. The van der Waals surface area contributed by atoms with Crippen LogP contribution in [0.2, 0.25) is 0 Å². The predicted octanol–water partition coefficient (Wildman–Crippen LogP) is 6.48. The minimum absolute atomic E-state index is 0.239. The molecule has 3 rings (SSSR count). The summed E-state index contributed by atoms with van der Waals surface area (Å²) >= 11 is 5.01. The molecule has 5 nitrogen and oxygen atoms in total. The van der Waals surface area contributed by atoms with Gasteiger partial charge in [0.1, 0.15) is 5.69 Å². The van der Waals surface area contributed by atoms with Gasteiger partial charge in [-0.3, -0.25) is 9.88 Å². The molecule has 0 aromatic carbocycles. The Bertz CT molecular complexity index is 826. The molecule has 3 heterocycles. The molecule has 0 aliphatic carbocycles. The fourth-order valence-corrected chi connectivity index (χ4v) is 5.23. The van der Waals surface area contributed by atoms with E-state index in [4.69, 9.17) is 4.74 Å². The Kier molecular flexibility index (Phi) is 7.69. The highest BCUT2D eigenvalue weighted by Crippen LogP contribution is 2.38. The van der Waals surface area contributed by atoms with Crippen molar-refractivity contribution in [2.24, 2.45) is 0 Å². The highest BCUT2D eigenvalue weighted by atomic mass is 79.9. The zero-order chi connectivity index (χ0) is 21.8. The van der Waals surface area contributed by atoms with E-state index in [9.17, 15) is 0 Å². The molecule has 0 amide bonds. The van der Waals surface area contributed by atoms with Crippen LogP contribution in [0, 0.1) is 6.92 Å². The molecule has 30 heavy (non-hydrogen) atoms. The molecular formula is C23H33BrN4OS. The third-order valence-corrected chi connectivity index (χ3v) is 7.02. The van der Waals surface area contributed by atoms with Gasteiger partial charge in [-0.1, -0.05) is 0 Å². The SMILES string of the molecule is Cc1ccc(SNc2cc(Br)cnc2OCCCN2C(C)(C)CCCC2(C)C)cn1. The molecule has 0 saturated carbocycles. The van der Waals surface area contributed by atoms with Gasteiger partial charge >= 0.3 is 0 Å². The normalized spacial score (nSPS) is 18.2. The molecule has 1 aliphatic heterocycles. The molecule has 7 heteroatoms. The van der Waals surface area contributed by atoms with Crippen molar-refractivity contribution in [3.8, 4) is 5.88 Å². The second-order valence-corrected chi connectivity index (χ2v) is 11.0. The number of halogens is 1. The summed E-state index contributed by atoms with van der Waals surface area (Å²) in [5.74, 6) is 0.628. The van der Waals surface area contributed by atoms with Gasteiger partial charge in [0.15, 0.2) is 0 Å². The number of pyridine rings is 2. The van der Waals surface area contributed by atoms with Crippen molar-refractivity contribution in [3.05, 3.63) is 40.8 Å². The fourth-order valence-electron chi connectivity index (χ4n) is 4.28. The first-order valence-electron chi connectivity index (χ1n) is 10.6. The average Bonchev–Trinajstić information content (AvgIpc) is 2.67. The Morgan fingerprint density at radius 1 is 1.13 bits per heavy atom. The molecular weight excluding hydrogens is 460 g/mol. The van der Waals surface area contributed by atoms with Gasteiger partial charge in [-0.2, -0.15) is 0 Å². The lowest BCUT2D eigenvalue weighted by molar-refractivity contribution is -0.0292. The van der Waals surface area contributed by atoms with Crippen LogP contribution in [0.25, 0.3) is 0 Å². The smallest absolute Gasteiger partial charge is 0.238 e. The maximum absolute atomic E-state index is 6.08. The van der Waals surface area contributed by atoms with E-state index in [1.165, 1.54) is 31.2 Å². The van der Waals surface area contributed by atoms with Crippen molar-refractivity contribution >= 4 is 33.6 Å². The molecule has 1 aliphatic rings. The molecule has 0 bridgehead atoms. The Morgan fingerprint density at radius 3 is 2.53 bits per heavy atom. The second kappa shape index (κ2) is 9.88. The molecule has 1 fully saturated rings. The number of nitrogens with zero attached hydrogens (tertiary/aromatic N) is 3. The molecule has 2 aromatic heterocycles. The Morgan fingerprint density at radius 2 is 1.87 bits per heavy atom. The number of hydrogen-bond donors (Lipinski definition) is 1. The maximum atomic E-state index is 6.08. The lowest BCUT2D eigenvalue weighted by Gasteiger charge is -2.53. The number of hydrogen-bond acceptors (Lipinski definition) is 6. The van der Waals surface area contributed by atoms with Crippen molar-refractivity contribution in [1.29, 1.82) is 0 Å². The van der Waals surface area contributed by atoms with Crippen LogP contribution in [-0.2, 0) is 0 Å². The summed E-state index contributed by atoms with van der Waals surface area (Å²) in [4.78, 5) is 12.5. The molecule has 2 aromatic rings. The van der Waals surface area contributed by atoms with Gasteiger partial charge in [-0.25, -0.2) is 4.98 Å². The van der Waals surface area contributed by atoms with Gasteiger partial charge in [0.05, 0.1) is 6.61 Å². The fraction of sp³-hybridized carbons (Fsp3) is 0.565. The minimum atomic E-state index is 0.239. The zero-order valence-electron chi connectivity index (χ0n) is 18.7. The van der Waals surface area contributed by atoms with Crippen LogP contribution >= 0.6 is 27.9 Å². The van der Waals surface area contributed by atoms with Gasteiger partial charge < -0.3 is 9.46 Å². The van der Waals surface area contributed by atoms with Crippen molar-refractivity contribution in [2.45, 2.75) is 76.3 Å². The van der Waals surface area contributed by atoms with Crippen LogP contribution in [0.4, 0.5) is 5.69 Å². The van der Waals surface area contributed by atoms with E-state index in [2.05, 4.69) is 63.2 Å². The topological polar surface area (TPSA) is 50.3 Å². The van der Waals surface area contributed by atoms with E-state index >= 15 is 0 Å². The van der Waals surface area contributed by atoms with Gasteiger partial charge in [0.25, 0.3) is 0 Å². The molecule has 0 unspecified atom stereocenters. The van der Waals surface area contributed by atoms with Gasteiger partial charge in [-0.15, -0.1) is 0 Å². The third kappa shape index (κ3) is 6.11. The first kappa shape index (κ1) is 23.4. The van der Waals surface area contributed by atoms with Gasteiger partial charge in [0.2, 0.25) is 5.88 Å².